The minimum Gasteiger partial charge on any atom is -0.497 e. The zero-order valence-electron chi connectivity index (χ0n) is 15.3. The van der Waals surface area contributed by atoms with Crippen LogP contribution in [0.15, 0.2) is 42.5 Å². The van der Waals surface area contributed by atoms with Gasteiger partial charge in [-0.05, 0) is 54.4 Å². The number of nitrogens with one attached hydrogen (secondary N) is 2. The number of hydrogen-bond acceptors (Lipinski definition) is 2. The fourth-order valence-electron chi connectivity index (χ4n) is 3.68. The molecule has 3 aromatic rings. The minimum absolute atomic E-state index is 0.0544. The predicted molar refractivity (Wildman–Crippen MR) is 99.5 cm³/mol. The highest BCUT2D eigenvalue weighted by Crippen LogP contribution is 2.44. The number of urea groups is 1. The second kappa shape index (κ2) is 6.98. The molecule has 2 aromatic carbocycles. The molecule has 2 heterocycles. The van der Waals surface area contributed by atoms with Crippen LogP contribution in [0, 0.1) is 5.82 Å². The maximum absolute atomic E-state index is 14.0. The normalized spacial score (nSPS) is 16.6. The number of benzene rings is 2. The number of carbonyl (C=O) groups excluding carboxylic acids is 1. The smallest absolute Gasteiger partial charge is 0.414 e. The molecule has 0 saturated heterocycles. The van der Waals surface area contributed by atoms with Gasteiger partial charge in [-0.15, -0.1) is 0 Å². The molecule has 152 valence electrons. The Hall–Kier alpha value is -3.23. The number of halogens is 4. The third-order valence-electron chi connectivity index (χ3n) is 5.00. The van der Waals surface area contributed by atoms with Gasteiger partial charge in [-0.3, -0.25) is 0 Å². The van der Waals surface area contributed by atoms with E-state index in [1.165, 1.54) is 19.2 Å². The van der Waals surface area contributed by atoms with Crippen molar-refractivity contribution in [2.75, 3.05) is 19.0 Å². The summed E-state index contributed by atoms with van der Waals surface area (Å²) in [7, 11) is 1.49. The first-order chi connectivity index (χ1) is 13.8. The Balaban J connectivity index is 1.72. The molecule has 29 heavy (non-hydrogen) atoms. The summed E-state index contributed by atoms with van der Waals surface area (Å²) < 4.78 is 60.1. The number of amides is 2. The molecular weight excluding hydrogens is 390 g/mol. The average molecular weight is 407 g/mol. The van der Waals surface area contributed by atoms with E-state index in [0.717, 1.165) is 17.0 Å². The second-order valence-corrected chi connectivity index (χ2v) is 6.75. The van der Waals surface area contributed by atoms with Crippen LogP contribution in [-0.2, 0) is 6.42 Å². The predicted octanol–water partition coefficient (Wildman–Crippen LogP) is 5.01. The van der Waals surface area contributed by atoms with Crippen LogP contribution in [0.1, 0.15) is 17.3 Å². The van der Waals surface area contributed by atoms with Gasteiger partial charge in [0.1, 0.15) is 11.6 Å². The van der Waals surface area contributed by atoms with E-state index in [9.17, 15) is 22.4 Å². The summed E-state index contributed by atoms with van der Waals surface area (Å²) >= 11 is 0. The molecule has 0 saturated carbocycles. The Morgan fingerprint density at radius 1 is 1.21 bits per heavy atom. The lowest BCUT2D eigenvalue weighted by atomic mass is 9.97. The number of anilines is 1. The molecule has 4 rings (SSSR count). The molecule has 0 radical (unpaired) electrons. The molecule has 0 bridgehead atoms. The van der Waals surface area contributed by atoms with Crippen molar-refractivity contribution < 1.29 is 27.1 Å². The van der Waals surface area contributed by atoms with Crippen LogP contribution in [0.3, 0.4) is 0 Å². The quantitative estimate of drug-likeness (QED) is 0.587. The standard InChI is InChI=1S/C20H17F4N3O2/c1-29-13-6-7-16-15(10-13)14-8-9-27(18(17(14)26-16)20(22,23)24)19(28)25-12-4-2-11(21)3-5-12/h2-7,10,18,26H,8-9H2,1H3,(H,25,28). The zero-order valence-corrected chi connectivity index (χ0v) is 15.3. The maximum Gasteiger partial charge on any atom is 0.414 e. The van der Waals surface area contributed by atoms with E-state index in [2.05, 4.69) is 10.3 Å². The summed E-state index contributed by atoms with van der Waals surface area (Å²) in [5.41, 5.74) is 1.23. The van der Waals surface area contributed by atoms with Crippen LogP contribution in [0.2, 0.25) is 0 Å². The van der Waals surface area contributed by atoms with E-state index < -0.39 is 24.1 Å². The van der Waals surface area contributed by atoms with E-state index in [0.29, 0.717) is 22.2 Å². The topological polar surface area (TPSA) is 57.4 Å². The van der Waals surface area contributed by atoms with Crippen molar-refractivity contribution in [3.8, 4) is 5.75 Å². The van der Waals surface area contributed by atoms with Crippen molar-refractivity contribution in [1.82, 2.24) is 9.88 Å². The van der Waals surface area contributed by atoms with Crippen LogP contribution < -0.4 is 10.1 Å². The molecule has 1 atom stereocenters. The lowest BCUT2D eigenvalue weighted by molar-refractivity contribution is -0.180. The number of rotatable bonds is 2. The number of H-pyrrole nitrogens is 1. The fourth-order valence-corrected chi connectivity index (χ4v) is 3.68. The third kappa shape index (κ3) is 3.48. The summed E-state index contributed by atoms with van der Waals surface area (Å²) in [6.07, 6.45) is -4.42. The highest BCUT2D eigenvalue weighted by atomic mass is 19.4. The summed E-state index contributed by atoms with van der Waals surface area (Å²) in [6.45, 7) is -0.117. The van der Waals surface area contributed by atoms with E-state index in [4.69, 9.17) is 4.74 Å². The molecule has 1 aliphatic heterocycles. The van der Waals surface area contributed by atoms with Crippen LogP contribution in [0.4, 0.5) is 28.0 Å². The van der Waals surface area contributed by atoms with E-state index in [1.807, 2.05) is 0 Å². The molecule has 1 aliphatic rings. The molecule has 2 amide bonds. The summed E-state index contributed by atoms with van der Waals surface area (Å²) in [6, 6.07) is 6.81. The third-order valence-corrected chi connectivity index (χ3v) is 5.00. The number of hydrogen-bond donors (Lipinski definition) is 2. The number of fused-ring (bicyclic) bond motifs is 3. The number of methoxy groups -OCH3 is 1. The molecule has 0 spiro atoms. The highest BCUT2D eigenvalue weighted by molar-refractivity contribution is 5.91. The highest BCUT2D eigenvalue weighted by Gasteiger charge is 2.50. The lowest BCUT2D eigenvalue weighted by Gasteiger charge is -2.36. The van der Waals surface area contributed by atoms with Gasteiger partial charge < -0.3 is 19.9 Å². The Labute approximate surface area is 163 Å². The zero-order chi connectivity index (χ0) is 20.8. The van der Waals surface area contributed by atoms with Crippen LogP contribution in [0.5, 0.6) is 5.75 Å². The van der Waals surface area contributed by atoms with Crippen LogP contribution in [-0.4, -0.2) is 35.7 Å². The van der Waals surface area contributed by atoms with E-state index >= 15 is 0 Å². The van der Waals surface area contributed by atoms with Crippen LogP contribution >= 0.6 is 0 Å². The fraction of sp³-hybridized carbons (Fsp3) is 0.250. The second-order valence-electron chi connectivity index (χ2n) is 6.75. The van der Waals surface area contributed by atoms with Crippen molar-refractivity contribution in [2.24, 2.45) is 0 Å². The lowest BCUT2D eigenvalue weighted by Crippen LogP contribution is -2.48. The van der Waals surface area contributed by atoms with E-state index in [1.54, 1.807) is 18.2 Å². The Morgan fingerprint density at radius 3 is 2.59 bits per heavy atom. The molecule has 0 aliphatic carbocycles. The first kappa shape index (κ1) is 19.1. The van der Waals surface area contributed by atoms with Gasteiger partial charge in [0.25, 0.3) is 0 Å². The van der Waals surface area contributed by atoms with Gasteiger partial charge >= 0.3 is 12.2 Å². The number of carbonyl (C=O) groups is 1. The monoisotopic (exact) mass is 407 g/mol. The van der Waals surface area contributed by atoms with Gasteiger partial charge in [0.05, 0.1) is 12.8 Å². The summed E-state index contributed by atoms with van der Waals surface area (Å²) in [5.74, 6) is 0.0339. The van der Waals surface area contributed by atoms with Crippen molar-refractivity contribution in [1.29, 1.82) is 0 Å². The summed E-state index contributed by atoms with van der Waals surface area (Å²) in [4.78, 5) is 16.2. The molecule has 1 aromatic heterocycles. The first-order valence-electron chi connectivity index (χ1n) is 8.86. The van der Waals surface area contributed by atoms with Gasteiger partial charge in [-0.1, -0.05) is 0 Å². The van der Waals surface area contributed by atoms with Crippen LogP contribution in [0.25, 0.3) is 10.9 Å². The molecule has 9 heteroatoms. The SMILES string of the molecule is COc1ccc2[nH]c3c(c2c1)CCN(C(=O)Nc1ccc(F)cc1)C3C(F)(F)F. The van der Waals surface area contributed by atoms with Gasteiger partial charge in [0.2, 0.25) is 0 Å². The number of aromatic nitrogens is 1. The molecule has 5 nitrogen and oxygen atoms in total. The number of aromatic amines is 1. The molecular formula is C20H17F4N3O2. The number of alkyl halides is 3. The summed E-state index contributed by atoms with van der Waals surface area (Å²) in [5, 5.41) is 3.06. The maximum atomic E-state index is 14.0. The Kier molecular flexibility index (Phi) is 4.60. The number of ether oxygens (including phenoxy) is 1. The van der Waals surface area contributed by atoms with Crippen molar-refractivity contribution >= 4 is 22.6 Å². The Bertz CT molecular complexity index is 1060. The van der Waals surface area contributed by atoms with E-state index in [-0.39, 0.29) is 24.3 Å². The minimum atomic E-state index is -4.68. The molecule has 2 N–H and O–H groups in total. The van der Waals surface area contributed by atoms with Gasteiger partial charge in [-0.25, -0.2) is 9.18 Å². The van der Waals surface area contributed by atoms with Crippen molar-refractivity contribution in [3.05, 3.63) is 59.5 Å². The molecule has 1 unspecified atom stereocenters. The van der Waals surface area contributed by atoms with Crippen molar-refractivity contribution in [2.45, 2.75) is 18.6 Å². The van der Waals surface area contributed by atoms with Gasteiger partial charge in [0.15, 0.2) is 6.04 Å². The van der Waals surface area contributed by atoms with Crippen molar-refractivity contribution in [3.63, 3.8) is 0 Å². The van der Waals surface area contributed by atoms with Gasteiger partial charge in [0, 0.05) is 23.1 Å². The Morgan fingerprint density at radius 2 is 1.93 bits per heavy atom. The molecule has 0 fully saturated rings. The first-order valence-corrected chi connectivity index (χ1v) is 8.86. The largest absolute Gasteiger partial charge is 0.497 e. The number of nitrogens with zero attached hydrogens (tertiary/aromatic N) is 1. The average Bonchev–Trinajstić information content (AvgIpc) is 3.05. The van der Waals surface area contributed by atoms with Gasteiger partial charge in [-0.2, -0.15) is 13.2 Å².